The molecule has 17 heteroatoms. The van der Waals surface area contributed by atoms with Crippen LogP contribution in [0.25, 0.3) is 0 Å². The number of hydrogen-bond acceptors (Lipinski definition) is 11. The first-order valence-corrected chi connectivity index (χ1v) is 8.20. The molecule has 0 atom stereocenters. The Kier molecular flexibility index (Phi) is 42.4. The summed E-state index contributed by atoms with van der Waals surface area (Å²) in [5.41, 5.74) is 0. The maximum atomic E-state index is 9.34. The molecule has 0 saturated carbocycles. The zero-order chi connectivity index (χ0) is 13.1. The quantitative estimate of drug-likeness (QED) is 0.227. The van der Waals surface area contributed by atoms with E-state index >= 15 is 0 Å². The zero-order valence-electron chi connectivity index (χ0n) is 8.29. The number of hydrogen-bond donors (Lipinski definition) is 0. The zero-order valence-corrected chi connectivity index (χ0v) is 19.7. The van der Waals surface area contributed by atoms with Crippen molar-refractivity contribution in [3.05, 3.63) is 0 Å². The van der Waals surface area contributed by atoms with Crippen molar-refractivity contribution in [2.24, 2.45) is 0 Å². The SMILES string of the molecule is O=S(=O)([O-])[O-].[K+].[K+].[O]=[Ti]=[O].[O]=[V](=[O])[O][V](=[O])=[O]. The fourth-order valence-corrected chi connectivity index (χ4v) is 0.925. The summed E-state index contributed by atoms with van der Waals surface area (Å²) in [4.78, 5) is 0. The molecule has 0 amide bonds. The van der Waals surface area contributed by atoms with E-state index in [0.29, 0.717) is 0 Å². The van der Waals surface area contributed by atoms with Crippen LogP contribution >= 0.6 is 0 Å². The molecule has 0 radical (unpaired) electrons. The summed E-state index contributed by atoms with van der Waals surface area (Å²) in [6.45, 7) is 0. The fourth-order valence-electron chi connectivity index (χ4n) is 0.0544. The Balaban J connectivity index is -0.0000000430. The topological polar surface area (TPSA) is 192 Å². The minimum atomic E-state index is -5.17. The van der Waals surface area contributed by atoms with Crippen molar-refractivity contribution >= 4 is 10.4 Å². The summed E-state index contributed by atoms with van der Waals surface area (Å²) in [6.07, 6.45) is 0. The molecule has 0 aromatic heterocycles. The van der Waals surface area contributed by atoms with Crippen LogP contribution in [0.1, 0.15) is 0 Å². The minimum absolute atomic E-state index is 0. The van der Waals surface area contributed by atoms with Gasteiger partial charge in [0.15, 0.2) is 0 Å². The van der Waals surface area contributed by atoms with E-state index in [1.54, 1.807) is 0 Å². The molecular weight excluding hydrogens is 436 g/mol. The Morgan fingerprint density at radius 2 is 1.00 bits per heavy atom. The maximum absolute atomic E-state index is 9.34. The van der Waals surface area contributed by atoms with E-state index in [-0.39, 0.29) is 103 Å². The van der Waals surface area contributed by atoms with Crippen molar-refractivity contribution in [3.63, 3.8) is 0 Å². The average molecular weight is 436 g/mol. The van der Waals surface area contributed by atoms with Gasteiger partial charge in [0.1, 0.15) is 0 Å². The predicted molar refractivity (Wildman–Crippen MR) is 15.7 cm³/mol. The molecule has 17 heavy (non-hydrogen) atoms. The van der Waals surface area contributed by atoms with Gasteiger partial charge in [-0.05, 0) is 0 Å². The standard InChI is InChI=1S/2K.H2O4S.7O.Ti.2V/c;;1-5(2,3)4;;;;;;;;;;/h;;(H2,1,2,3,4);;;;;;;;;;/q2*+1;;;;;;;;;;;/p-2. The van der Waals surface area contributed by atoms with Crippen molar-refractivity contribution in [1.29, 1.82) is 0 Å². The molecule has 0 bridgehead atoms. The molecule has 0 aliphatic rings. The van der Waals surface area contributed by atoms with E-state index in [1.165, 1.54) is 0 Å². The number of rotatable bonds is 2. The van der Waals surface area contributed by atoms with Crippen LogP contribution in [-0.4, -0.2) is 17.5 Å². The molecule has 0 unspecified atom stereocenters. The molecule has 88 valence electrons. The molecule has 0 aromatic rings. The molecule has 0 spiro atoms. The third-order valence-corrected chi connectivity index (χ3v) is 2.27. The van der Waals surface area contributed by atoms with Crippen molar-refractivity contribution in [3.8, 4) is 0 Å². The van der Waals surface area contributed by atoms with Gasteiger partial charge in [-0.15, -0.1) is 0 Å². The summed E-state index contributed by atoms with van der Waals surface area (Å²) < 4.78 is 91.8. The Morgan fingerprint density at radius 3 is 1.00 bits per heavy atom. The van der Waals surface area contributed by atoms with Gasteiger partial charge in [0.05, 0.1) is 0 Å². The Morgan fingerprint density at radius 1 is 0.882 bits per heavy atom. The van der Waals surface area contributed by atoms with Crippen molar-refractivity contribution in [2.75, 3.05) is 0 Å². The van der Waals surface area contributed by atoms with Gasteiger partial charge in [-0.2, -0.15) is 0 Å². The van der Waals surface area contributed by atoms with Gasteiger partial charge in [0, 0.05) is 10.4 Å². The Hall–Kier alpha value is 3.79. The summed E-state index contributed by atoms with van der Waals surface area (Å²) in [5, 5.41) is 0. The van der Waals surface area contributed by atoms with Crippen LogP contribution in [0, 0.1) is 0 Å². The predicted octanol–water partition coefficient (Wildman–Crippen LogP) is -8.12. The van der Waals surface area contributed by atoms with E-state index in [9.17, 15) is 14.7 Å². The van der Waals surface area contributed by atoms with Gasteiger partial charge in [0.25, 0.3) is 0 Å². The van der Waals surface area contributed by atoms with Crippen LogP contribution < -0.4 is 103 Å². The third-order valence-electron chi connectivity index (χ3n) is 0.133. The molecule has 11 nitrogen and oxygen atoms in total. The second-order valence-corrected chi connectivity index (χ2v) is 4.80. The normalized spacial score (nSPS) is 7.18. The van der Waals surface area contributed by atoms with Crippen LogP contribution in [0.15, 0.2) is 0 Å². The average Bonchev–Trinajstić information content (AvgIpc) is 1.79. The van der Waals surface area contributed by atoms with Gasteiger partial charge < -0.3 is 9.11 Å². The second kappa shape index (κ2) is 22.1. The Labute approximate surface area is 199 Å². The van der Waals surface area contributed by atoms with Gasteiger partial charge in [-0.3, -0.25) is 8.42 Å². The van der Waals surface area contributed by atoms with E-state index in [1.807, 2.05) is 0 Å². The van der Waals surface area contributed by atoms with Crippen LogP contribution in [-0.2, 0) is 84.2 Å². The third kappa shape index (κ3) is 103. The summed E-state index contributed by atoms with van der Waals surface area (Å²) in [6, 6.07) is 0. The molecule has 0 rings (SSSR count). The Bertz CT molecular complexity index is 380. The molecular formula is K2O11STiV2. The first-order chi connectivity index (χ1) is 6.54. The van der Waals surface area contributed by atoms with Gasteiger partial charge in [-0.1, -0.05) is 0 Å². The van der Waals surface area contributed by atoms with Gasteiger partial charge in [-0.25, -0.2) is 0 Å². The molecule has 0 fully saturated rings. The van der Waals surface area contributed by atoms with Crippen molar-refractivity contribution < 1.29 is 194 Å². The van der Waals surface area contributed by atoms with Gasteiger partial charge >= 0.3 is 177 Å². The monoisotopic (exact) mass is 436 g/mol. The molecule has 0 aliphatic heterocycles. The van der Waals surface area contributed by atoms with Crippen LogP contribution in [0.5, 0.6) is 0 Å². The van der Waals surface area contributed by atoms with Gasteiger partial charge in [0.2, 0.25) is 0 Å². The van der Waals surface area contributed by atoms with E-state index < -0.39 is 60.3 Å². The van der Waals surface area contributed by atoms with Crippen LogP contribution in [0.2, 0.25) is 0 Å². The fraction of sp³-hybridized carbons (Fsp3) is 0. The molecule has 0 aromatic carbocycles. The first-order valence-electron chi connectivity index (χ1n) is 2.17. The van der Waals surface area contributed by atoms with Crippen LogP contribution in [0.4, 0.5) is 0 Å². The van der Waals surface area contributed by atoms with E-state index in [4.69, 9.17) is 24.2 Å². The molecule has 0 N–H and O–H groups in total. The molecule has 0 heterocycles. The molecule has 0 saturated heterocycles. The summed E-state index contributed by atoms with van der Waals surface area (Å²) in [7, 11) is -5.17. The summed E-state index contributed by atoms with van der Waals surface area (Å²) >= 11 is -9.69. The summed E-state index contributed by atoms with van der Waals surface area (Å²) in [5.74, 6) is 0. The van der Waals surface area contributed by atoms with Crippen molar-refractivity contribution in [2.45, 2.75) is 0 Å². The van der Waals surface area contributed by atoms with Crippen molar-refractivity contribution in [1.82, 2.24) is 0 Å². The molecule has 0 aliphatic carbocycles. The second-order valence-electron chi connectivity index (χ2n) is 1.02. The van der Waals surface area contributed by atoms with E-state index in [0.717, 1.165) is 0 Å². The van der Waals surface area contributed by atoms with Crippen LogP contribution in [0.3, 0.4) is 0 Å². The first kappa shape index (κ1) is 32.7. The van der Waals surface area contributed by atoms with E-state index in [2.05, 4.69) is 2.59 Å².